The first-order chi connectivity index (χ1) is 13.1. The number of H-pyrrole nitrogens is 1. The molecule has 0 aliphatic heterocycles. The highest BCUT2D eigenvalue weighted by Crippen LogP contribution is 2.23. The minimum absolute atomic E-state index is 0.394. The summed E-state index contributed by atoms with van der Waals surface area (Å²) in [6, 6.07) is 7.27. The summed E-state index contributed by atoms with van der Waals surface area (Å²) >= 11 is 6.05. The third kappa shape index (κ3) is 3.75. The second-order valence-corrected chi connectivity index (χ2v) is 6.63. The predicted molar refractivity (Wildman–Crippen MR) is 102 cm³/mol. The minimum atomic E-state index is -0.394. The molecule has 136 valence electrons. The summed E-state index contributed by atoms with van der Waals surface area (Å²) in [5.74, 6) is 0.0134. The summed E-state index contributed by atoms with van der Waals surface area (Å²) in [6.07, 6.45) is 7.68. The van der Waals surface area contributed by atoms with Crippen molar-refractivity contribution < 1.29 is 9.13 Å². The van der Waals surface area contributed by atoms with Gasteiger partial charge in [0.25, 0.3) is 0 Å². The van der Waals surface area contributed by atoms with E-state index < -0.39 is 5.82 Å². The molecule has 0 aromatic carbocycles. The standard InChI is InChI=1S/C20H16ClFN4O/c1-27-20-13(5-16(22)11-26-20)6-17-3-2-12(8-23-17)4-14-9-24-19-18(14)7-15(21)10-25-19/h2-3,5,7-11H,4,6H2,1H3,(H,24,25). The Balaban J connectivity index is 1.54. The third-order valence-electron chi connectivity index (χ3n) is 4.32. The molecule has 0 atom stereocenters. The molecule has 0 radical (unpaired) electrons. The fourth-order valence-corrected chi connectivity index (χ4v) is 3.19. The maximum absolute atomic E-state index is 13.5. The summed E-state index contributed by atoms with van der Waals surface area (Å²) < 4.78 is 18.7. The van der Waals surface area contributed by atoms with E-state index in [9.17, 15) is 4.39 Å². The lowest BCUT2D eigenvalue weighted by atomic mass is 10.1. The van der Waals surface area contributed by atoms with E-state index in [1.807, 2.05) is 30.6 Å². The SMILES string of the molecule is COc1ncc(F)cc1Cc1ccc(Cc2c[nH]c3ncc(Cl)cc23)cn1. The zero-order chi connectivity index (χ0) is 18.8. The van der Waals surface area contributed by atoms with Crippen LogP contribution in [0.4, 0.5) is 4.39 Å². The molecule has 0 spiro atoms. The maximum atomic E-state index is 13.5. The van der Waals surface area contributed by atoms with E-state index in [4.69, 9.17) is 16.3 Å². The van der Waals surface area contributed by atoms with Gasteiger partial charge in [-0.2, -0.15) is 0 Å². The first-order valence-corrected chi connectivity index (χ1v) is 8.74. The van der Waals surface area contributed by atoms with Crippen LogP contribution in [0.3, 0.4) is 0 Å². The number of nitrogens with one attached hydrogen (secondary N) is 1. The number of hydrogen-bond donors (Lipinski definition) is 1. The Morgan fingerprint density at radius 1 is 1.04 bits per heavy atom. The molecule has 0 amide bonds. The number of methoxy groups -OCH3 is 1. The Hall–Kier alpha value is -2.99. The van der Waals surface area contributed by atoms with Crippen LogP contribution in [0, 0.1) is 5.82 Å². The van der Waals surface area contributed by atoms with Gasteiger partial charge in [0.15, 0.2) is 0 Å². The Morgan fingerprint density at radius 2 is 1.93 bits per heavy atom. The van der Waals surface area contributed by atoms with E-state index in [2.05, 4.69) is 19.9 Å². The highest BCUT2D eigenvalue weighted by atomic mass is 35.5. The van der Waals surface area contributed by atoms with Crippen molar-refractivity contribution in [2.75, 3.05) is 7.11 Å². The van der Waals surface area contributed by atoms with Gasteiger partial charge in [-0.1, -0.05) is 17.7 Å². The highest BCUT2D eigenvalue weighted by Gasteiger charge is 2.10. The lowest BCUT2D eigenvalue weighted by molar-refractivity contribution is 0.391. The molecule has 7 heteroatoms. The number of nitrogens with zero attached hydrogens (tertiary/aromatic N) is 3. The van der Waals surface area contributed by atoms with Crippen molar-refractivity contribution in [1.29, 1.82) is 0 Å². The van der Waals surface area contributed by atoms with Gasteiger partial charge < -0.3 is 9.72 Å². The lowest BCUT2D eigenvalue weighted by Gasteiger charge is -2.07. The number of aromatic nitrogens is 4. The van der Waals surface area contributed by atoms with E-state index >= 15 is 0 Å². The summed E-state index contributed by atoms with van der Waals surface area (Å²) in [5, 5.41) is 1.61. The molecule has 5 nitrogen and oxygen atoms in total. The number of aromatic amines is 1. The van der Waals surface area contributed by atoms with Crippen LogP contribution < -0.4 is 4.74 Å². The first-order valence-electron chi connectivity index (χ1n) is 8.36. The molecule has 0 aliphatic carbocycles. The van der Waals surface area contributed by atoms with Crippen LogP contribution in [0.25, 0.3) is 11.0 Å². The number of rotatable bonds is 5. The van der Waals surface area contributed by atoms with Crippen LogP contribution >= 0.6 is 11.6 Å². The second-order valence-electron chi connectivity index (χ2n) is 6.20. The van der Waals surface area contributed by atoms with Gasteiger partial charge in [0.1, 0.15) is 11.5 Å². The first kappa shape index (κ1) is 17.4. The fourth-order valence-electron chi connectivity index (χ4n) is 3.04. The van der Waals surface area contributed by atoms with Crippen molar-refractivity contribution in [3.05, 3.63) is 82.3 Å². The topological polar surface area (TPSA) is 63.7 Å². The molecule has 0 bridgehead atoms. The molecule has 4 aromatic rings. The summed E-state index contributed by atoms with van der Waals surface area (Å²) in [5.41, 5.74) is 4.45. The van der Waals surface area contributed by atoms with E-state index in [-0.39, 0.29) is 0 Å². The number of hydrogen-bond acceptors (Lipinski definition) is 4. The van der Waals surface area contributed by atoms with E-state index in [1.54, 1.807) is 6.20 Å². The average molecular weight is 383 g/mol. The van der Waals surface area contributed by atoms with Gasteiger partial charge in [0.05, 0.1) is 18.3 Å². The Bertz CT molecular complexity index is 1100. The van der Waals surface area contributed by atoms with Crippen molar-refractivity contribution in [3.63, 3.8) is 0 Å². The molecule has 1 N–H and O–H groups in total. The molecular weight excluding hydrogens is 367 g/mol. The molecule has 0 saturated carbocycles. The van der Waals surface area contributed by atoms with Crippen LogP contribution in [0.2, 0.25) is 5.02 Å². The molecule has 0 saturated heterocycles. The van der Waals surface area contributed by atoms with Crippen molar-refractivity contribution in [1.82, 2.24) is 19.9 Å². The summed E-state index contributed by atoms with van der Waals surface area (Å²) in [4.78, 5) is 15.9. The maximum Gasteiger partial charge on any atom is 0.216 e. The van der Waals surface area contributed by atoms with E-state index in [0.29, 0.717) is 29.3 Å². The van der Waals surface area contributed by atoms with Crippen LogP contribution in [0.1, 0.15) is 22.4 Å². The Labute approximate surface area is 160 Å². The van der Waals surface area contributed by atoms with Crippen LogP contribution in [0.5, 0.6) is 5.88 Å². The lowest BCUT2D eigenvalue weighted by Crippen LogP contribution is -2.00. The van der Waals surface area contributed by atoms with Gasteiger partial charge in [-0.05, 0) is 29.3 Å². The average Bonchev–Trinajstić information content (AvgIpc) is 3.05. The van der Waals surface area contributed by atoms with Gasteiger partial charge >= 0.3 is 0 Å². The van der Waals surface area contributed by atoms with Crippen LogP contribution in [-0.2, 0) is 12.8 Å². The van der Waals surface area contributed by atoms with Crippen LogP contribution in [-0.4, -0.2) is 27.0 Å². The Kier molecular flexibility index (Phi) is 4.73. The highest BCUT2D eigenvalue weighted by molar-refractivity contribution is 6.31. The van der Waals surface area contributed by atoms with E-state index in [1.165, 1.54) is 13.2 Å². The number of pyridine rings is 3. The largest absolute Gasteiger partial charge is 0.481 e. The van der Waals surface area contributed by atoms with Crippen molar-refractivity contribution in [2.24, 2.45) is 0 Å². The third-order valence-corrected chi connectivity index (χ3v) is 4.53. The van der Waals surface area contributed by atoms with Gasteiger partial charge in [-0.3, -0.25) is 4.98 Å². The molecule has 4 heterocycles. The van der Waals surface area contributed by atoms with Crippen molar-refractivity contribution >= 4 is 22.6 Å². The monoisotopic (exact) mass is 382 g/mol. The smallest absolute Gasteiger partial charge is 0.216 e. The summed E-state index contributed by atoms with van der Waals surface area (Å²) in [6.45, 7) is 0. The van der Waals surface area contributed by atoms with Crippen molar-refractivity contribution in [3.8, 4) is 5.88 Å². The molecule has 0 fully saturated rings. The summed E-state index contributed by atoms with van der Waals surface area (Å²) in [7, 11) is 1.52. The second kappa shape index (κ2) is 7.32. The van der Waals surface area contributed by atoms with E-state index in [0.717, 1.165) is 34.1 Å². The Morgan fingerprint density at radius 3 is 2.70 bits per heavy atom. The quantitative estimate of drug-likeness (QED) is 0.557. The zero-order valence-electron chi connectivity index (χ0n) is 14.5. The van der Waals surface area contributed by atoms with Gasteiger partial charge in [0.2, 0.25) is 5.88 Å². The van der Waals surface area contributed by atoms with Crippen LogP contribution in [0.15, 0.2) is 49.1 Å². The molecule has 4 rings (SSSR count). The van der Waals surface area contributed by atoms with Gasteiger partial charge in [-0.25, -0.2) is 14.4 Å². The normalized spacial score (nSPS) is 11.1. The zero-order valence-corrected chi connectivity index (χ0v) is 15.3. The van der Waals surface area contributed by atoms with Crippen molar-refractivity contribution in [2.45, 2.75) is 12.8 Å². The fraction of sp³-hybridized carbons (Fsp3) is 0.150. The number of fused-ring (bicyclic) bond motifs is 1. The molecule has 27 heavy (non-hydrogen) atoms. The molecular formula is C20H16ClFN4O. The molecule has 0 aliphatic rings. The minimum Gasteiger partial charge on any atom is -0.481 e. The van der Waals surface area contributed by atoms with Gasteiger partial charge in [0, 0.05) is 48.1 Å². The molecule has 0 unspecified atom stereocenters. The van der Waals surface area contributed by atoms with Gasteiger partial charge in [-0.15, -0.1) is 0 Å². The number of ether oxygens (including phenoxy) is 1. The number of halogens is 2. The predicted octanol–water partition coefficient (Wildman–Crippen LogP) is 4.34. The molecule has 4 aromatic heterocycles.